The number of nitrogens with zero attached hydrogens (tertiary/aromatic N) is 7. The van der Waals surface area contributed by atoms with E-state index in [9.17, 15) is 0 Å². The molecule has 2 N–H and O–H groups in total. The summed E-state index contributed by atoms with van der Waals surface area (Å²) in [5, 5.41) is 8.32. The third-order valence-electron chi connectivity index (χ3n) is 9.46. The molecule has 2 fully saturated rings. The highest BCUT2D eigenvalue weighted by atomic mass is 31.1. The van der Waals surface area contributed by atoms with Crippen LogP contribution in [0.15, 0.2) is 48.4 Å². The highest BCUT2D eigenvalue weighted by molar-refractivity contribution is 7.65. The number of methoxy groups -OCH3 is 1. The third kappa shape index (κ3) is 7.56. The van der Waals surface area contributed by atoms with Gasteiger partial charge in [0.25, 0.3) is 0 Å². The topological polar surface area (TPSA) is 94.6 Å². The van der Waals surface area contributed by atoms with Crippen LogP contribution in [0.2, 0.25) is 0 Å². The monoisotopic (exact) mass is 667 g/mol. The minimum Gasteiger partial charge on any atom is -0.494 e. The summed E-state index contributed by atoms with van der Waals surface area (Å²) < 4.78 is 5.97. The highest BCUT2D eigenvalue weighted by Crippen LogP contribution is 2.38. The van der Waals surface area contributed by atoms with Gasteiger partial charge in [-0.3, -0.25) is 14.9 Å². The van der Waals surface area contributed by atoms with Crippen molar-refractivity contribution in [1.29, 1.82) is 0 Å². The highest BCUT2D eigenvalue weighted by Gasteiger charge is 2.28. The molecular weight excluding hydrogens is 617 g/mol. The second-order valence-electron chi connectivity index (χ2n) is 13.3. The van der Waals surface area contributed by atoms with E-state index in [0.717, 1.165) is 64.6 Å². The van der Waals surface area contributed by atoms with Gasteiger partial charge >= 0.3 is 0 Å². The number of hydrogen-bond donors (Lipinski definition) is 2. The lowest BCUT2D eigenvalue weighted by molar-refractivity contribution is 0.0982. The molecule has 0 spiro atoms. The fourth-order valence-electron chi connectivity index (χ4n) is 6.91. The van der Waals surface area contributed by atoms with Crippen LogP contribution in [0, 0.1) is 0 Å². The van der Waals surface area contributed by atoms with Crippen LogP contribution in [-0.4, -0.2) is 103 Å². The van der Waals surface area contributed by atoms with E-state index in [2.05, 4.69) is 101 Å². The van der Waals surface area contributed by atoms with E-state index in [1.807, 2.05) is 12.3 Å². The van der Waals surface area contributed by atoms with Crippen LogP contribution in [-0.2, 0) is 6.42 Å². The van der Waals surface area contributed by atoms with Crippen LogP contribution >= 0.6 is 7.92 Å². The van der Waals surface area contributed by atoms with Gasteiger partial charge in [-0.2, -0.15) is 4.98 Å². The number of ether oxygens (including phenoxy) is 1. The molecule has 2 aliphatic rings. The van der Waals surface area contributed by atoms with Gasteiger partial charge < -0.3 is 25.2 Å². The summed E-state index contributed by atoms with van der Waals surface area (Å²) in [5.74, 6) is 2.01. The summed E-state index contributed by atoms with van der Waals surface area (Å²) in [6, 6.07) is 9.18. The van der Waals surface area contributed by atoms with Gasteiger partial charge in [-0.15, -0.1) is 0 Å². The number of rotatable bonds is 10. The number of nitrogens with one attached hydrogen (secondary N) is 2. The molecule has 11 heteroatoms. The summed E-state index contributed by atoms with van der Waals surface area (Å²) in [7, 11) is 3.48. The van der Waals surface area contributed by atoms with Crippen molar-refractivity contribution in [2.45, 2.75) is 46.1 Å². The summed E-state index contributed by atoms with van der Waals surface area (Å²) in [6.07, 6.45) is 10.8. The molecule has 2 aliphatic heterocycles. The normalized spacial score (nSPS) is 16.4. The van der Waals surface area contributed by atoms with Crippen LogP contribution in [0.4, 0.5) is 28.8 Å². The summed E-state index contributed by atoms with van der Waals surface area (Å²) >= 11 is 0. The van der Waals surface area contributed by atoms with Crippen molar-refractivity contribution >= 4 is 59.2 Å². The van der Waals surface area contributed by atoms with Gasteiger partial charge in [0, 0.05) is 92.2 Å². The standard InChI is InChI=1S/C37H50N9OP/c1-8-26-22-31(33(47-5)23-32(26)46-15-11-28(12-16-46)45-19-17-44(4)18-20-45)42-37-40-24-27(21-25(2)3)36(43-37)41-30-10-9-29-34(35(30)48(6)7)39-14-13-38-29/h9-10,13-14,21-24,28H,8,11-12,15-20H2,1-7H3,(H2,40,41,42,43). The zero-order valence-corrected chi connectivity index (χ0v) is 30.4. The van der Waals surface area contributed by atoms with Gasteiger partial charge in [0.15, 0.2) is 0 Å². The minimum atomic E-state index is -0.479. The van der Waals surface area contributed by atoms with Crippen LogP contribution in [0.1, 0.15) is 44.7 Å². The molecule has 254 valence electrons. The maximum absolute atomic E-state index is 5.97. The van der Waals surface area contributed by atoms with Gasteiger partial charge in [0.1, 0.15) is 11.6 Å². The van der Waals surface area contributed by atoms with E-state index < -0.39 is 7.92 Å². The number of benzene rings is 2. The number of fused-ring (bicyclic) bond motifs is 1. The molecule has 0 atom stereocenters. The average Bonchev–Trinajstić information content (AvgIpc) is 3.09. The maximum atomic E-state index is 5.97. The molecule has 0 unspecified atom stereocenters. The van der Waals surface area contributed by atoms with Crippen molar-refractivity contribution in [1.82, 2.24) is 29.7 Å². The van der Waals surface area contributed by atoms with Crippen molar-refractivity contribution in [3.8, 4) is 5.75 Å². The molecule has 0 bridgehead atoms. The molecule has 2 aromatic heterocycles. The first-order chi connectivity index (χ1) is 23.2. The van der Waals surface area contributed by atoms with Crippen LogP contribution < -0.4 is 25.6 Å². The second kappa shape index (κ2) is 15.1. The summed E-state index contributed by atoms with van der Waals surface area (Å²) in [6.45, 7) is 17.7. The lowest BCUT2D eigenvalue weighted by atomic mass is 9.99. The largest absolute Gasteiger partial charge is 0.494 e. The Kier molecular flexibility index (Phi) is 10.7. The average molecular weight is 668 g/mol. The number of hydrogen-bond acceptors (Lipinski definition) is 10. The van der Waals surface area contributed by atoms with Crippen molar-refractivity contribution in [2.24, 2.45) is 0 Å². The second-order valence-corrected chi connectivity index (χ2v) is 15.6. The van der Waals surface area contributed by atoms with Crippen molar-refractivity contribution < 1.29 is 4.74 Å². The molecular formula is C37H50N9OP. The molecule has 10 nitrogen and oxygen atoms in total. The van der Waals surface area contributed by atoms with Gasteiger partial charge in [-0.25, -0.2) is 4.98 Å². The van der Waals surface area contributed by atoms with Crippen molar-refractivity contribution in [3.63, 3.8) is 0 Å². The Labute approximate surface area is 286 Å². The van der Waals surface area contributed by atoms with Gasteiger partial charge in [0.05, 0.1) is 23.8 Å². The maximum Gasteiger partial charge on any atom is 0.229 e. The lowest BCUT2D eigenvalue weighted by Crippen LogP contribution is -2.52. The molecule has 0 radical (unpaired) electrons. The first kappa shape index (κ1) is 34.0. The number of likely N-dealkylation sites (N-methyl/N-ethyl adjacent to an activating group) is 1. The fourth-order valence-corrected chi connectivity index (χ4v) is 8.12. The first-order valence-corrected chi connectivity index (χ1v) is 19.3. The zero-order chi connectivity index (χ0) is 33.8. The van der Waals surface area contributed by atoms with Gasteiger partial charge in [0.2, 0.25) is 5.95 Å². The summed E-state index contributed by atoms with van der Waals surface area (Å²) in [4.78, 5) is 26.7. The number of piperidine rings is 1. The van der Waals surface area contributed by atoms with Crippen LogP contribution in [0.5, 0.6) is 5.75 Å². The Morgan fingerprint density at radius 2 is 1.71 bits per heavy atom. The van der Waals surface area contributed by atoms with E-state index in [4.69, 9.17) is 14.7 Å². The van der Waals surface area contributed by atoms with E-state index in [0.29, 0.717) is 12.0 Å². The quantitative estimate of drug-likeness (QED) is 0.183. The lowest BCUT2D eigenvalue weighted by Gasteiger charge is -2.43. The van der Waals surface area contributed by atoms with Crippen LogP contribution in [0.3, 0.4) is 0 Å². The molecule has 6 rings (SSSR count). The van der Waals surface area contributed by atoms with Crippen molar-refractivity contribution in [3.05, 3.63) is 59.6 Å². The molecule has 48 heavy (non-hydrogen) atoms. The Balaban J connectivity index is 1.26. The zero-order valence-electron chi connectivity index (χ0n) is 29.5. The van der Waals surface area contributed by atoms with E-state index in [1.54, 1.807) is 19.5 Å². The molecule has 2 saturated heterocycles. The predicted octanol–water partition coefficient (Wildman–Crippen LogP) is 6.48. The smallest absolute Gasteiger partial charge is 0.229 e. The molecule has 0 aliphatic carbocycles. The number of piperazine rings is 1. The molecule has 2 aromatic carbocycles. The fraction of sp³-hybridized carbons (Fsp3) is 0.459. The molecule has 0 amide bonds. The summed E-state index contributed by atoms with van der Waals surface area (Å²) in [5.41, 5.74) is 8.30. The van der Waals surface area contributed by atoms with Gasteiger partial charge in [-0.05, 0) is 77.2 Å². The Morgan fingerprint density at radius 3 is 2.40 bits per heavy atom. The van der Waals surface area contributed by atoms with E-state index >= 15 is 0 Å². The number of aromatic nitrogens is 4. The Bertz CT molecular complexity index is 1760. The Hall–Kier alpha value is -3.85. The molecule has 0 saturated carbocycles. The third-order valence-corrected chi connectivity index (χ3v) is 10.8. The van der Waals surface area contributed by atoms with Crippen LogP contribution in [0.25, 0.3) is 17.1 Å². The SMILES string of the molecule is CCc1cc(Nc2ncc(C=C(C)C)c(Nc3ccc4nccnc4c3P(C)C)n2)c(OC)cc1N1CCC(N2CCN(C)CC2)CC1. The van der Waals surface area contributed by atoms with Gasteiger partial charge in [-0.1, -0.05) is 26.5 Å². The number of aryl methyl sites for hydroxylation is 1. The minimum absolute atomic E-state index is 0.479. The van der Waals surface area contributed by atoms with E-state index in [1.165, 1.54) is 55.6 Å². The molecule has 4 heterocycles. The number of allylic oxidation sites excluding steroid dienone is 1. The Morgan fingerprint density at radius 1 is 0.958 bits per heavy atom. The van der Waals surface area contributed by atoms with Crippen molar-refractivity contribution in [2.75, 3.05) is 82.3 Å². The van der Waals surface area contributed by atoms with E-state index in [-0.39, 0.29) is 0 Å². The first-order valence-electron chi connectivity index (χ1n) is 17.1. The predicted molar refractivity (Wildman–Crippen MR) is 203 cm³/mol. The number of anilines is 5. The molecule has 4 aromatic rings.